The lowest BCUT2D eigenvalue weighted by molar-refractivity contribution is 0.660. The lowest BCUT2D eigenvalue weighted by Crippen LogP contribution is -2.25. The van der Waals surface area contributed by atoms with Gasteiger partial charge in [0.15, 0.2) is 0 Å². The molecule has 0 heterocycles. The Hall–Kier alpha value is -3.84. The SMILES string of the molecule is CC(C)N(c1ccc(-c2ccc3c(c2)C(C)(C)c2ccccc2-3)cc1)c1cccc2ccccc12. The first-order valence-electron chi connectivity index (χ1n) is 12.6. The number of anilines is 2. The summed E-state index contributed by atoms with van der Waals surface area (Å²) in [6.45, 7) is 9.20. The molecule has 0 spiro atoms. The van der Waals surface area contributed by atoms with Crippen molar-refractivity contribution < 1.29 is 0 Å². The van der Waals surface area contributed by atoms with Crippen molar-refractivity contribution in [3.63, 3.8) is 0 Å². The Labute approximate surface area is 208 Å². The highest BCUT2D eigenvalue weighted by atomic mass is 15.2. The highest BCUT2D eigenvalue weighted by molar-refractivity contribution is 5.96. The van der Waals surface area contributed by atoms with Gasteiger partial charge in [-0.1, -0.05) is 98.8 Å². The number of hydrogen-bond acceptors (Lipinski definition) is 1. The highest BCUT2D eigenvalue weighted by Gasteiger charge is 2.35. The number of rotatable bonds is 4. The maximum Gasteiger partial charge on any atom is 0.0492 e. The maximum absolute atomic E-state index is 2.44. The smallest absolute Gasteiger partial charge is 0.0492 e. The first-order valence-corrected chi connectivity index (χ1v) is 12.6. The monoisotopic (exact) mass is 453 g/mol. The summed E-state index contributed by atoms with van der Waals surface area (Å²) in [6.07, 6.45) is 0. The summed E-state index contributed by atoms with van der Waals surface area (Å²) in [4.78, 5) is 2.44. The Morgan fingerprint density at radius 1 is 0.600 bits per heavy atom. The molecule has 0 fully saturated rings. The molecule has 0 unspecified atom stereocenters. The van der Waals surface area contributed by atoms with Crippen LogP contribution in [0, 0.1) is 0 Å². The molecule has 0 aromatic heterocycles. The normalized spacial score (nSPS) is 13.6. The molecule has 172 valence electrons. The van der Waals surface area contributed by atoms with E-state index in [9.17, 15) is 0 Å². The van der Waals surface area contributed by atoms with Gasteiger partial charge in [0, 0.05) is 28.2 Å². The standard InChI is InChI=1S/C34H31N/c1-23(2)35(33-15-9-11-25-10-5-6-12-28(25)33)27-19-16-24(17-20-27)26-18-21-30-29-13-7-8-14-31(29)34(3,4)32(30)22-26/h5-23H,1-4H3. The molecule has 0 bridgehead atoms. The summed E-state index contributed by atoms with van der Waals surface area (Å²) >= 11 is 0. The highest BCUT2D eigenvalue weighted by Crippen LogP contribution is 2.49. The van der Waals surface area contributed by atoms with Gasteiger partial charge in [-0.25, -0.2) is 0 Å². The van der Waals surface area contributed by atoms with Crippen LogP contribution in [0.1, 0.15) is 38.8 Å². The van der Waals surface area contributed by atoms with Crippen molar-refractivity contribution in [2.45, 2.75) is 39.2 Å². The molecule has 6 rings (SSSR count). The van der Waals surface area contributed by atoms with Gasteiger partial charge in [-0.05, 0) is 76.9 Å². The third-order valence-electron chi connectivity index (χ3n) is 7.60. The average molecular weight is 454 g/mol. The summed E-state index contributed by atoms with van der Waals surface area (Å²) in [5.41, 5.74) is 10.6. The van der Waals surface area contributed by atoms with Crippen LogP contribution in [0.2, 0.25) is 0 Å². The quantitative estimate of drug-likeness (QED) is 0.262. The lowest BCUT2D eigenvalue weighted by atomic mass is 9.81. The Kier molecular flexibility index (Phi) is 5.04. The summed E-state index contributed by atoms with van der Waals surface area (Å²) in [7, 11) is 0. The van der Waals surface area contributed by atoms with Gasteiger partial charge in [0.1, 0.15) is 0 Å². The Morgan fingerprint density at radius 3 is 2.06 bits per heavy atom. The van der Waals surface area contributed by atoms with E-state index in [4.69, 9.17) is 0 Å². The molecule has 1 nitrogen and oxygen atoms in total. The molecule has 1 aliphatic carbocycles. The van der Waals surface area contributed by atoms with Crippen LogP contribution in [0.25, 0.3) is 33.0 Å². The van der Waals surface area contributed by atoms with Crippen LogP contribution in [-0.2, 0) is 5.41 Å². The zero-order valence-electron chi connectivity index (χ0n) is 20.9. The van der Waals surface area contributed by atoms with Gasteiger partial charge in [0.25, 0.3) is 0 Å². The fourth-order valence-electron chi connectivity index (χ4n) is 5.83. The third-order valence-corrected chi connectivity index (χ3v) is 7.60. The van der Waals surface area contributed by atoms with Crippen LogP contribution < -0.4 is 4.90 Å². The summed E-state index contributed by atoms with van der Waals surface area (Å²) in [5, 5.41) is 2.56. The first kappa shape index (κ1) is 21.7. The van der Waals surface area contributed by atoms with Crippen molar-refractivity contribution in [3.8, 4) is 22.3 Å². The van der Waals surface area contributed by atoms with Gasteiger partial charge in [-0.3, -0.25) is 0 Å². The summed E-state index contributed by atoms with van der Waals surface area (Å²) < 4.78 is 0. The fraction of sp³-hybridized carbons (Fsp3) is 0.176. The van der Waals surface area contributed by atoms with Crippen molar-refractivity contribution in [3.05, 3.63) is 120 Å². The molecule has 35 heavy (non-hydrogen) atoms. The minimum absolute atomic E-state index is 0.0185. The van der Waals surface area contributed by atoms with Crippen LogP contribution in [0.5, 0.6) is 0 Å². The molecule has 0 saturated heterocycles. The Balaban J connectivity index is 1.38. The molecule has 0 amide bonds. The molecule has 1 aliphatic rings. The second kappa shape index (κ2) is 8.13. The molecule has 1 heteroatoms. The van der Waals surface area contributed by atoms with Crippen molar-refractivity contribution in [1.82, 2.24) is 0 Å². The summed E-state index contributed by atoms with van der Waals surface area (Å²) in [5.74, 6) is 0. The minimum atomic E-state index is 0.0185. The molecule has 0 aliphatic heterocycles. The van der Waals surface area contributed by atoms with E-state index in [0.717, 1.165) is 0 Å². The van der Waals surface area contributed by atoms with Crippen molar-refractivity contribution >= 4 is 22.1 Å². The van der Waals surface area contributed by atoms with Gasteiger partial charge in [0.2, 0.25) is 0 Å². The van der Waals surface area contributed by atoms with Crippen LogP contribution in [0.4, 0.5) is 11.4 Å². The molecule has 5 aromatic rings. The van der Waals surface area contributed by atoms with E-state index in [1.165, 1.54) is 55.5 Å². The van der Waals surface area contributed by atoms with Crippen molar-refractivity contribution in [2.24, 2.45) is 0 Å². The first-order chi connectivity index (χ1) is 16.9. The average Bonchev–Trinajstić information content (AvgIpc) is 3.11. The summed E-state index contributed by atoms with van der Waals surface area (Å²) in [6, 6.07) is 40.5. The fourth-order valence-corrected chi connectivity index (χ4v) is 5.83. The van der Waals surface area contributed by atoms with Crippen molar-refractivity contribution in [2.75, 3.05) is 4.90 Å². The molecule has 0 saturated carbocycles. The Morgan fingerprint density at radius 2 is 1.26 bits per heavy atom. The van der Waals surface area contributed by atoms with E-state index in [-0.39, 0.29) is 5.41 Å². The number of fused-ring (bicyclic) bond motifs is 4. The third kappa shape index (κ3) is 3.46. The van der Waals surface area contributed by atoms with E-state index in [1.807, 2.05) is 0 Å². The zero-order valence-corrected chi connectivity index (χ0v) is 20.9. The molecular formula is C34H31N. The van der Waals surface area contributed by atoms with Crippen molar-refractivity contribution in [1.29, 1.82) is 0 Å². The van der Waals surface area contributed by atoms with E-state index >= 15 is 0 Å². The minimum Gasteiger partial charge on any atom is -0.338 e. The molecule has 0 atom stereocenters. The van der Waals surface area contributed by atoms with Gasteiger partial charge < -0.3 is 4.90 Å². The second-order valence-electron chi connectivity index (χ2n) is 10.4. The Bertz CT molecular complexity index is 1530. The molecule has 5 aromatic carbocycles. The van der Waals surface area contributed by atoms with Gasteiger partial charge in [-0.2, -0.15) is 0 Å². The molecular weight excluding hydrogens is 422 g/mol. The van der Waals surface area contributed by atoms with E-state index in [0.29, 0.717) is 6.04 Å². The van der Waals surface area contributed by atoms with E-state index in [1.54, 1.807) is 0 Å². The topological polar surface area (TPSA) is 3.24 Å². The van der Waals surface area contributed by atoms with E-state index < -0.39 is 0 Å². The zero-order chi connectivity index (χ0) is 24.2. The molecule has 0 radical (unpaired) electrons. The van der Waals surface area contributed by atoms with E-state index in [2.05, 4.69) is 142 Å². The predicted molar refractivity (Wildman–Crippen MR) is 151 cm³/mol. The van der Waals surface area contributed by atoms with Crippen LogP contribution in [0.3, 0.4) is 0 Å². The largest absolute Gasteiger partial charge is 0.338 e. The van der Waals surface area contributed by atoms with Crippen LogP contribution in [-0.4, -0.2) is 6.04 Å². The predicted octanol–water partition coefficient (Wildman–Crippen LogP) is 9.36. The van der Waals surface area contributed by atoms with Gasteiger partial charge in [0.05, 0.1) is 0 Å². The van der Waals surface area contributed by atoms with Gasteiger partial charge >= 0.3 is 0 Å². The number of benzene rings is 5. The maximum atomic E-state index is 2.44. The van der Waals surface area contributed by atoms with Crippen LogP contribution >= 0.6 is 0 Å². The second-order valence-corrected chi connectivity index (χ2v) is 10.4. The van der Waals surface area contributed by atoms with Gasteiger partial charge in [-0.15, -0.1) is 0 Å². The lowest BCUT2D eigenvalue weighted by Gasteiger charge is -2.30. The number of nitrogens with zero attached hydrogens (tertiary/aromatic N) is 1. The van der Waals surface area contributed by atoms with Crippen LogP contribution in [0.15, 0.2) is 109 Å². The molecule has 0 N–H and O–H groups in total. The number of hydrogen-bond donors (Lipinski definition) is 0.